The van der Waals surface area contributed by atoms with Gasteiger partial charge in [-0.1, -0.05) is 0 Å². The van der Waals surface area contributed by atoms with E-state index < -0.39 is 12.0 Å². The summed E-state index contributed by atoms with van der Waals surface area (Å²) in [6.07, 6.45) is 1.50. The summed E-state index contributed by atoms with van der Waals surface area (Å²) in [7, 11) is 0. The van der Waals surface area contributed by atoms with Crippen molar-refractivity contribution in [1.82, 2.24) is 4.57 Å². The third-order valence-electron chi connectivity index (χ3n) is 1.85. The first kappa shape index (κ1) is 8.31. The average molecular weight is 198 g/mol. The molecule has 0 fully saturated rings. The van der Waals surface area contributed by atoms with Crippen molar-refractivity contribution in [1.29, 1.82) is 0 Å². The van der Waals surface area contributed by atoms with Gasteiger partial charge < -0.3 is 9.90 Å². The third kappa shape index (κ3) is 1.23. The number of hydrogen-bond acceptors (Lipinski definition) is 4. The molecule has 1 aliphatic heterocycles. The highest BCUT2D eigenvalue weighted by Crippen LogP contribution is 2.26. The van der Waals surface area contributed by atoms with Crippen molar-refractivity contribution < 1.29 is 14.9 Å². The number of carbonyl (C=O) groups is 1. The van der Waals surface area contributed by atoms with Crippen LogP contribution in [0, 0.1) is 0 Å². The Labute approximate surface area is 77.4 Å². The van der Waals surface area contributed by atoms with Crippen LogP contribution in [-0.2, 0) is 4.79 Å². The van der Waals surface area contributed by atoms with E-state index >= 15 is 0 Å². The molecule has 1 aromatic rings. The van der Waals surface area contributed by atoms with Crippen molar-refractivity contribution in [2.75, 3.05) is 5.75 Å². The summed E-state index contributed by atoms with van der Waals surface area (Å²) in [4.78, 5) is 24.7. The standard InChI is InChI=1S/C7H6N2O3S/c10-5-1-2-8-7-9(5)4(3-13-7)6(11)12/h1-2,4H,3H2,(H,11,12). The van der Waals surface area contributed by atoms with Crippen LogP contribution in [0.5, 0.6) is 0 Å². The second-order valence-electron chi connectivity index (χ2n) is 2.64. The van der Waals surface area contributed by atoms with E-state index in [2.05, 4.69) is 4.98 Å². The van der Waals surface area contributed by atoms with Gasteiger partial charge in [0.25, 0.3) is 0 Å². The highest BCUT2D eigenvalue weighted by Gasteiger charge is 2.32. The molecule has 13 heavy (non-hydrogen) atoms. The predicted molar refractivity (Wildman–Crippen MR) is 42.0 cm³/mol. The molecule has 1 unspecified atom stereocenters. The quantitative estimate of drug-likeness (QED) is 0.492. The van der Waals surface area contributed by atoms with E-state index in [1.165, 1.54) is 28.6 Å². The molecule has 68 valence electrons. The van der Waals surface area contributed by atoms with Gasteiger partial charge in [-0.25, -0.2) is 9.78 Å². The summed E-state index contributed by atoms with van der Waals surface area (Å²) in [6, 6.07) is 0.454. The summed E-state index contributed by atoms with van der Waals surface area (Å²) in [5, 5.41) is 11.2. The molecule has 1 N–H and O–H groups in total. The fraction of sp³-hybridized carbons (Fsp3) is 0.286. The van der Waals surface area contributed by atoms with Gasteiger partial charge in [0.15, 0.2) is 6.04 Å². The number of thioether (sulfide) groups is 1. The van der Waals surface area contributed by atoms with Crippen molar-refractivity contribution in [3.63, 3.8) is 0 Å². The van der Waals surface area contributed by atoms with Crippen LogP contribution in [0.1, 0.15) is 6.04 Å². The zero-order chi connectivity index (χ0) is 9.42. The van der Waals surface area contributed by atoms with E-state index in [-0.39, 0.29) is 5.56 Å². The van der Waals surface area contributed by atoms with Crippen LogP contribution >= 0.6 is 11.8 Å². The molecule has 0 aliphatic carbocycles. The van der Waals surface area contributed by atoms with Crippen molar-refractivity contribution in [3.05, 3.63) is 22.6 Å². The van der Waals surface area contributed by atoms with Gasteiger partial charge in [0.05, 0.1) is 24.0 Å². The van der Waals surface area contributed by atoms with Gasteiger partial charge >= 0.3 is 10.7 Å². The van der Waals surface area contributed by atoms with Crippen LogP contribution in [0.4, 0.5) is 0 Å². The van der Waals surface area contributed by atoms with Gasteiger partial charge in [-0.3, -0.25) is 0 Å². The van der Waals surface area contributed by atoms with Gasteiger partial charge in [0.2, 0.25) is 0 Å². The molecule has 0 bridgehead atoms. The Kier molecular flexibility index (Phi) is 1.84. The molecular weight excluding hydrogens is 192 g/mol. The Balaban J connectivity index is 2.58. The lowest BCUT2D eigenvalue weighted by Gasteiger charge is -2.07. The lowest BCUT2D eigenvalue weighted by Crippen LogP contribution is -2.38. The van der Waals surface area contributed by atoms with Crippen molar-refractivity contribution in [2.24, 2.45) is 0 Å². The number of carboxylic acids is 1. The van der Waals surface area contributed by atoms with Gasteiger partial charge in [0, 0.05) is 0 Å². The molecular formula is C7H6N2O3S. The summed E-state index contributed by atoms with van der Waals surface area (Å²) < 4.78 is 1.21. The lowest BCUT2D eigenvalue weighted by atomic mass is 10.3. The number of H-pyrrole nitrogens is 1. The van der Waals surface area contributed by atoms with E-state index in [1.54, 1.807) is 0 Å². The minimum Gasteiger partial charge on any atom is -0.545 e. The number of aromatic amines is 1. The molecule has 0 saturated heterocycles. The predicted octanol–water partition coefficient (Wildman–Crippen LogP) is -1.94. The van der Waals surface area contributed by atoms with Crippen molar-refractivity contribution in [2.45, 2.75) is 11.2 Å². The van der Waals surface area contributed by atoms with Gasteiger partial charge in [0.1, 0.15) is 0 Å². The molecule has 0 amide bonds. The van der Waals surface area contributed by atoms with E-state index in [0.717, 1.165) is 0 Å². The topological polar surface area (TPSA) is 76.3 Å². The summed E-state index contributed by atoms with van der Waals surface area (Å²) in [5.41, 5.74) is -0.312. The number of nitrogens with zero attached hydrogens (tertiary/aromatic N) is 1. The molecule has 5 nitrogen and oxygen atoms in total. The molecule has 1 aliphatic rings. The van der Waals surface area contributed by atoms with E-state index in [9.17, 15) is 14.7 Å². The first-order chi connectivity index (χ1) is 6.20. The Morgan fingerprint density at radius 3 is 3.23 bits per heavy atom. The van der Waals surface area contributed by atoms with Crippen LogP contribution in [0.3, 0.4) is 0 Å². The number of carboxylic acid groups (broad SMARTS) is 1. The largest absolute Gasteiger partial charge is 0.545 e. The van der Waals surface area contributed by atoms with Gasteiger partial charge in [-0.15, -0.1) is 0 Å². The highest BCUT2D eigenvalue weighted by molar-refractivity contribution is 7.99. The Morgan fingerprint density at radius 2 is 2.54 bits per heavy atom. The fourth-order valence-electron chi connectivity index (χ4n) is 1.25. The zero-order valence-electron chi connectivity index (χ0n) is 6.52. The number of fused-ring (bicyclic) bond motifs is 1. The molecule has 2 rings (SSSR count). The van der Waals surface area contributed by atoms with Crippen molar-refractivity contribution in [3.8, 4) is 0 Å². The van der Waals surface area contributed by atoms with Gasteiger partial charge in [-0.2, -0.15) is 4.57 Å². The minimum atomic E-state index is -1.21. The molecule has 1 aromatic heterocycles. The van der Waals surface area contributed by atoms with Crippen LogP contribution < -0.4 is 15.6 Å². The second kappa shape index (κ2) is 2.88. The Morgan fingerprint density at radius 1 is 1.77 bits per heavy atom. The minimum absolute atomic E-state index is 0.312. The van der Waals surface area contributed by atoms with Crippen LogP contribution in [0.15, 0.2) is 22.2 Å². The first-order valence-corrected chi connectivity index (χ1v) is 4.65. The maximum absolute atomic E-state index is 11.3. The SMILES string of the molecule is O=C([O-])C1CSc2[nH+]ccc(=O)n21. The number of rotatable bonds is 1. The molecule has 0 aromatic carbocycles. The molecule has 1 atom stereocenters. The lowest BCUT2D eigenvalue weighted by molar-refractivity contribution is -0.438. The number of hydrogen-bond donors (Lipinski definition) is 0. The monoisotopic (exact) mass is 198 g/mol. The normalized spacial score (nSPS) is 19.8. The fourth-order valence-corrected chi connectivity index (χ4v) is 2.35. The first-order valence-electron chi connectivity index (χ1n) is 3.67. The van der Waals surface area contributed by atoms with Crippen LogP contribution in [0.25, 0.3) is 0 Å². The van der Waals surface area contributed by atoms with Crippen LogP contribution in [-0.4, -0.2) is 16.3 Å². The summed E-state index contributed by atoms with van der Waals surface area (Å²) in [6.45, 7) is 0. The van der Waals surface area contributed by atoms with E-state index in [4.69, 9.17) is 0 Å². The molecule has 0 saturated carbocycles. The molecule has 0 radical (unpaired) electrons. The zero-order valence-corrected chi connectivity index (χ0v) is 7.34. The molecule has 6 heteroatoms. The maximum atomic E-state index is 11.3. The maximum Gasteiger partial charge on any atom is 0.338 e. The number of carbonyl (C=O) groups excluding carboxylic acids is 1. The van der Waals surface area contributed by atoms with Gasteiger partial charge in [-0.05, 0) is 11.8 Å². The summed E-state index contributed by atoms with van der Waals surface area (Å²) >= 11 is 1.31. The van der Waals surface area contributed by atoms with Crippen molar-refractivity contribution >= 4 is 17.7 Å². The van der Waals surface area contributed by atoms with Crippen LogP contribution in [0.2, 0.25) is 0 Å². The molecule has 0 spiro atoms. The summed E-state index contributed by atoms with van der Waals surface area (Å²) in [5.74, 6) is -0.870. The smallest absolute Gasteiger partial charge is 0.338 e. The Bertz CT molecular complexity index is 414. The number of nitrogens with one attached hydrogen (secondary N) is 1. The average Bonchev–Trinajstić information content (AvgIpc) is 2.49. The number of aliphatic carboxylic acids is 1. The number of aromatic nitrogens is 2. The van der Waals surface area contributed by atoms with E-state index in [0.29, 0.717) is 10.9 Å². The Hall–Kier alpha value is -1.30. The van der Waals surface area contributed by atoms with E-state index in [1.807, 2.05) is 0 Å². The highest BCUT2D eigenvalue weighted by atomic mass is 32.2. The second-order valence-corrected chi connectivity index (χ2v) is 3.65. The molecule has 2 heterocycles. The third-order valence-corrected chi connectivity index (χ3v) is 2.92.